The fourth-order valence-corrected chi connectivity index (χ4v) is 5.15. The van der Waals surface area contributed by atoms with E-state index in [9.17, 15) is 39.5 Å². The minimum atomic E-state index is -4.01. The molecule has 0 N–H and O–H groups in total. The van der Waals surface area contributed by atoms with E-state index in [1.807, 2.05) is 0 Å². The molecule has 0 unspecified atom stereocenters. The Balaban J connectivity index is 1.91. The van der Waals surface area contributed by atoms with E-state index in [2.05, 4.69) is 15.0 Å². The second-order valence-electron chi connectivity index (χ2n) is 9.76. The lowest BCUT2D eigenvalue weighted by Gasteiger charge is -2.22. The van der Waals surface area contributed by atoms with E-state index in [1.165, 1.54) is 0 Å². The zero-order valence-corrected chi connectivity index (χ0v) is 22.2. The van der Waals surface area contributed by atoms with Crippen molar-refractivity contribution < 1.29 is 79.0 Å². The van der Waals surface area contributed by atoms with Crippen LogP contribution in [0.1, 0.15) is 0 Å². The van der Waals surface area contributed by atoms with Crippen LogP contribution >= 0.6 is 0 Å². The number of nitrogens with zero attached hydrogens (tertiary/aromatic N) is 3. The van der Waals surface area contributed by atoms with Crippen LogP contribution in [0.5, 0.6) is 0 Å². The summed E-state index contributed by atoms with van der Waals surface area (Å²) in [5.74, 6) is -50.2. The SMILES string of the molecule is Fc1nc2c(F)c(B(c3c(F)c(F)c4c(F)c(F)c(F)nc4c3F)c3c(F)c(F)c4c(F)c(F)c(F)nc4c3F)c(F)c(F)c2c(F)c1F. The van der Waals surface area contributed by atoms with Gasteiger partial charge in [-0.3, -0.25) is 0 Å². The average Bonchev–Trinajstić information content (AvgIpc) is 3.05. The summed E-state index contributed by atoms with van der Waals surface area (Å²) in [6.07, 6.45) is 0. The maximum atomic E-state index is 16.0. The Morgan fingerprint density at radius 3 is 0.673 bits per heavy atom. The van der Waals surface area contributed by atoms with E-state index in [0.717, 1.165) is 0 Å². The van der Waals surface area contributed by atoms with Gasteiger partial charge in [0.25, 0.3) is 24.6 Å². The molecule has 0 saturated carbocycles. The van der Waals surface area contributed by atoms with E-state index in [0.29, 0.717) is 0 Å². The van der Waals surface area contributed by atoms with Gasteiger partial charge in [-0.25, -0.2) is 67.6 Å². The van der Waals surface area contributed by atoms with E-state index in [4.69, 9.17) is 0 Å². The van der Waals surface area contributed by atoms with Crippen molar-refractivity contribution in [3.8, 4) is 0 Å². The summed E-state index contributed by atoms with van der Waals surface area (Å²) < 4.78 is 267. The molecule has 0 bridgehead atoms. The van der Waals surface area contributed by atoms with Gasteiger partial charge in [-0.1, -0.05) is 0 Å². The number of fused-ring (bicyclic) bond motifs is 3. The first-order chi connectivity index (χ1) is 22.8. The van der Waals surface area contributed by atoms with E-state index in [-0.39, 0.29) is 0 Å². The fourth-order valence-electron chi connectivity index (χ4n) is 5.15. The minimum Gasteiger partial charge on any atom is -0.214 e. The number of hydrogen-bond donors (Lipinski definition) is 0. The van der Waals surface area contributed by atoms with Gasteiger partial charge in [0.2, 0.25) is 17.5 Å². The molecule has 3 nitrogen and oxygen atoms in total. The highest BCUT2D eigenvalue weighted by Crippen LogP contribution is 2.32. The third-order valence-corrected chi connectivity index (χ3v) is 7.27. The molecule has 3 aromatic carbocycles. The lowest BCUT2D eigenvalue weighted by Crippen LogP contribution is -2.60. The summed E-state index contributed by atoms with van der Waals surface area (Å²) in [5.41, 5.74) is -14.3. The summed E-state index contributed by atoms with van der Waals surface area (Å²) in [6, 6.07) is 0. The smallest absolute Gasteiger partial charge is 0.214 e. The van der Waals surface area contributed by atoms with Gasteiger partial charge in [0.05, 0.1) is 16.2 Å². The molecule has 49 heavy (non-hydrogen) atoms. The molecule has 0 amide bonds. The first-order valence-corrected chi connectivity index (χ1v) is 12.4. The van der Waals surface area contributed by atoms with Crippen LogP contribution in [-0.2, 0) is 0 Å². The normalized spacial score (nSPS) is 11.9. The summed E-state index contributed by atoms with van der Waals surface area (Å²) in [7, 11) is 0. The van der Waals surface area contributed by atoms with Gasteiger partial charge in [0.1, 0.15) is 34.0 Å². The van der Waals surface area contributed by atoms with Crippen molar-refractivity contribution >= 4 is 55.8 Å². The third kappa shape index (κ3) is 4.40. The third-order valence-electron chi connectivity index (χ3n) is 7.27. The molecule has 0 atom stereocenters. The van der Waals surface area contributed by atoms with E-state index < -0.39 is 161 Å². The van der Waals surface area contributed by atoms with Crippen LogP contribution < -0.4 is 16.4 Å². The van der Waals surface area contributed by atoms with Crippen molar-refractivity contribution in [3.63, 3.8) is 0 Å². The Kier molecular flexibility index (Phi) is 7.62. The molecular formula is C27BF18N3. The molecule has 0 aliphatic carbocycles. The summed E-state index contributed by atoms with van der Waals surface area (Å²) >= 11 is 0. The van der Waals surface area contributed by atoms with Crippen LogP contribution in [-0.4, -0.2) is 21.7 Å². The molecule has 252 valence electrons. The predicted octanol–water partition coefficient (Wildman–Crippen LogP) is 6.35. The van der Waals surface area contributed by atoms with Crippen LogP contribution in [0.3, 0.4) is 0 Å². The first kappa shape index (κ1) is 33.6. The summed E-state index contributed by atoms with van der Waals surface area (Å²) in [5, 5.41) is -6.60. The number of pyridine rings is 3. The molecule has 0 radical (unpaired) electrons. The Labute approximate surface area is 255 Å². The molecular weight excluding hydrogens is 719 g/mol. The van der Waals surface area contributed by atoms with Crippen LogP contribution in [0.2, 0.25) is 0 Å². The molecule has 3 aromatic heterocycles. The van der Waals surface area contributed by atoms with Crippen molar-refractivity contribution in [2.45, 2.75) is 0 Å². The minimum absolute atomic E-state index is 2.16. The van der Waals surface area contributed by atoms with Crippen molar-refractivity contribution in [3.05, 3.63) is 105 Å². The fraction of sp³-hybridized carbons (Fsp3) is 0. The molecule has 0 saturated heterocycles. The Hall–Kier alpha value is -5.31. The second-order valence-corrected chi connectivity index (χ2v) is 9.76. The molecule has 6 rings (SSSR count). The van der Waals surface area contributed by atoms with Gasteiger partial charge in [0.15, 0.2) is 52.4 Å². The highest BCUT2D eigenvalue weighted by atomic mass is 19.2. The Bertz CT molecular complexity index is 2230. The van der Waals surface area contributed by atoms with Crippen LogP contribution in [0.4, 0.5) is 79.0 Å². The largest absolute Gasteiger partial charge is 0.264 e. The van der Waals surface area contributed by atoms with Crippen molar-refractivity contribution in [2.75, 3.05) is 0 Å². The van der Waals surface area contributed by atoms with Gasteiger partial charge in [-0.05, 0) is 0 Å². The quantitative estimate of drug-likeness (QED) is 0.0928. The van der Waals surface area contributed by atoms with Gasteiger partial charge >= 0.3 is 0 Å². The first-order valence-electron chi connectivity index (χ1n) is 12.4. The Morgan fingerprint density at radius 1 is 0.245 bits per heavy atom. The number of benzene rings is 3. The zero-order chi connectivity index (χ0) is 36.3. The van der Waals surface area contributed by atoms with E-state index in [1.54, 1.807) is 0 Å². The average molecular weight is 719 g/mol. The summed E-state index contributed by atoms with van der Waals surface area (Å²) in [6.45, 7) is -4.01. The maximum Gasteiger partial charge on any atom is 0.264 e. The van der Waals surface area contributed by atoms with Crippen LogP contribution in [0, 0.1) is 105 Å². The van der Waals surface area contributed by atoms with E-state index >= 15 is 39.5 Å². The monoisotopic (exact) mass is 719 g/mol. The number of hydrogen-bond acceptors (Lipinski definition) is 3. The molecule has 6 aromatic rings. The Morgan fingerprint density at radius 2 is 0.449 bits per heavy atom. The highest BCUT2D eigenvalue weighted by molar-refractivity contribution is 6.96. The van der Waals surface area contributed by atoms with Gasteiger partial charge < -0.3 is 0 Å². The molecule has 22 heteroatoms. The zero-order valence-electron chi connectivity index (χ0n) is 22.2. The standard InChI is InChI=1S/C27BF18N3/c29-7-1-10(32)19(41)25(44)47-22(1)16(38)4(13(7)35)28(5-14(36)8(30)2-11(33)20(42)26(45)48-23(2)17(5)39)6-15(37)9(31)3-12(34)21(43)27(46)49-24(3)18(6)40. The van der Waals surface area contributed by atoms with Crippen molar-refractivity contribution in [1.82, 2.24) is 15.0 Å². The lowest BCUT2D eigenvalue weighted by molar-refractivity contribution is 0.428. The van der Waals surface area contributed by atoms with Gasteiger partial charge in [-0.2, -0.15) is 26.3 Å². The van der Waals surface area contributed by atoms with Crippen LogP contribution in [0.15, 0.2) is 0 Å². The van der Waals surface area contributed by atoms with Gasteiger partial charge in [-0.15, -0.1) is 0 Å². The summed E-state index contributed by atoms with van der Waals surface area (Å²) in [4.78, 5) is 7.40. The molecule has 0 aliphatic heterocycles. The second kappa shape index (κ2) is 11.1. The molecule has 0 fully saturated rings. The predicted molar refractivity (Wildman–Crippen MR) is 129 cm³/mol. The van der Waals surface area contributed by atoms with Gasteiger partial charge in [0, 0.05) is 16.4 Å². The molecule has 0 spiro atoms. The molecule has 3 heterocycles. The number of aromatic nitrogens is 3. The van der Waals surface area contributed by atoms with Crippen molar-refractivity contribution in [2.24, 2.45) is 0 Å². The topological polar surface area (TPSA) is 38.7 Å². The lowest BCUT2D eigenvalue weighted by atomic mass is 9.35. The molecule has 0 aliphatic rings. The number of rotatable bonds is 3. The number of halogens is 18. The van der Waals surface area contributed by atoms with Crippen molar-refractivity contribution in [1.29, 1.82) is 0 Å². The maximum absolute atomic E-state index is 16.0. The van der Waals surface area contributed by atoms with Crippen LogP contribution in [0.25, 0.3) is 32.7 Å². The highest BCUT2D eigenvalue weighted by Gasteiger charge is 2.44.